The summed E-state index contributed by atoms with van der Waals surface area (Å²) in [7, 11) is -3.98. The molecule has 3 aromatic rings. The van der Waals surface area contributed by atoms with E-state index in [1.165, 1.54) is 24.0 Å². The van der Waals surface area contributed by atoms with Gasteiger partial charge in [0.2, 0.25) is 21.8 Å². The molecule has 42 heavy (non-hydrogen) atoms. The summed E-state index contributed by atoms with van der Waals surface area (Å²) in [4.78, 5) is 41.3. The maximum Gasteiger partial charge on any atom is 0.244 e. The lowest BCUT2D eigenvalue weighted by molar-refractivity contribution is -0.140. The molecule has 0 saturated heterocycles. The fraction of sp³-hybridized carbons (Fsp3) is 0.323. The third kappa shape index (κ3) is 9.31. The molecule has 3 aromatic carbocycles. The van der Waals surface area contributed by atoms with E-state index in [9.17, 15) is 22.8 Å². The first-order valence-electron chi connectivity index (χ1n) is 13.2. The van der Waals surface area contributed by atoms with Crippen molar-refractivity contribution in [3.63, 3.8) is 0 Å². The Morgan fingerprint density at radius 1 is 0.929 bits per heavy atom. The molecule has 11 heteroatoms. The highest BCUT2D eigenvalue weighted by atomic mass is 35.5. The Labute approximate surface area is 257 Å². The van der Waals surface area contributed by atoms with E-state index < -0.39 is 40.0 Å². The second-order valence-corrected chi connectivity index (χ2v) is 13.8. The van der Waals surface area contributed by atoms with E-state index in [-0.39, 0.29) is 24.4 Å². The molecule has 0 aliphatic carbocycles. The molecule has 0 aliphatic rings. The van der Waals surface area contributed by atoms with Crippen molar-refractivity contribution in [3.05, 3.63) is 99.5 Å². The monoisotopic (exact) mass is 631 g/mol. The van der Waals surface area contributed by atoms with Gasteiger partial charge in [-0.15, -0.1) is 0 Å². The number of nitrogens with zero attached hydrogens (tertiary/aromatic N) is 2. The van der Waals surface area contributed by atoms with Crippen LogP contribution in [0.5, 0.6) is 0 Å². The lowest BCUT2D eigenvalue weighted by Crippen LogP contribution is -2.56. The third-order valence-electron chi connectivity index (χ3n) is 6.34. The molecule has 0 spiro atoms. The number of ketones is 1. The maximum absolute atomic E-state index is 14.2. The molecular formula is C31H35Cl2N3O5S. The molecule has 0 saturated carbocycles. The van der Waals surface area contributed by atoms with Crippen molar-refractivity contribution < 1.29 is 22.8 Å². The van der Waals surface area contributed by atoms with Crippen LogP contribution in [0.1, 0.15) is 49.2 Å². The molecular weight excluding hydrogens is 597 g/mol. The summed E-state index contributed by atoms with van der Waals surface area (Å²) in [5.74, 6) is -1.30. The van der Waals surface area contributed by atoms with Crippen molar-refractivity contribution in [1.82, 2.24) is 10.2 Å². The second kappa shape index (κ2) is 13.7. The summed E-state index contributed by atoms with van der Waals surface area (Å²) < 4.78 is 26.8. The number of rotatable bonds is 11. The van der Waals surface area contributed by atoms with Gasteiger partial charge >= 0.3 is 0 Å². The highest BCUT2D eigenvalue weighted by molar-refractivity contribution is 7.92. The second-order valence-electron chi connectivity index (χ2n) is 11.1. The molecule has 8 nitrogen and oxygen atoms in total. The minimum absolute atomic E-state index is 0.0883. The normalized spacial score (nSPS) is 12.4. The Morgan fingerprint density at radius 3 is 2.17 bits per heavy atom. The molecule has 0 aromatic heterocycles. The van der Waals surface area contributed by atoms with Gasteiger partial charge in [0.25, 0.3) is 0 Å². The molecule has 1 unspecified atom stereocenters. The molecule has 0 fully saturated rings. The van der Waals surface area contributed by atoms with Crippen molar-refractivity contribution >= 4 is 56.5 Å². The Morgan fingerprint density at radius 2 is 1.60 bits per heavy atom. The summed E-state index contributed by atoms with van der Waals surface area (Å²) in [6.07, 6.45) is 1.15. The average molecular weight is 633 g/mol. The molecule has 1 N–H and O–H groups in total. The number of anilines is 1. The number of hydrogen-bond donors (Lipinski definition) is 1. The minimum atomic E-state index is -3.98. The van der Waals surface area contributed by atoms with Crippen molar-refractivity contribution in [1.29, 1.82) is 0 Å². The molecule has 2 amide bonds. The van der Waals surface area contributed by atoms with Gasteiger partial charge in [0.15, 0.2) is 5.78 Å². The number of sulfonamides is 1. The van der Waals surface area contributed by atoms with E-state index in [0.717, 1.165) is 16.1 Å². The van der Waals surface area contributed by atoms with Crippen LogP contribution in [0.15, 0.2) is 72.8 Å². The highest BCUT2D eigenvalue weighted by Gasteiger charge is 2.34. The standard InChI is InChI=1S/C31H35Cl2N3O5S/c1-21(37)23-12-9-13-26(17-23)36(42(5,40)41)20-29(38)35(19-24-14-15-25(32)18-27(24)33)28(30(39)34-31(2,3)4)16-22-10-7-6-8-11-22/h6-15,17-18,28H,16,19-20H2,1-5H3,(H,34,39). The van der Waals surface area contributed by atoms with Crippen LogP contribution in [-0.2, 0) is 32.6 Å². The van der Waals surface area contributed by atoms with Crippen LogP contribution in [-0.4, -0.2) is 55.3 Å². The highest BCUT2D eigenvalue weighted by Crippen LogP contribution is 2.26. The van der Waals surface area contributed by atoms with Gasteiger partial charge in [0.05, 0.1) is 11.9 Å². The quantitative estimate of drug-likeness (QED) is 0.281. The van der Waals surface area contributed by atoms with E-state index in [0.29, 0.717) is 21.2 Å². The molecule has 0 radical (unpaired) electrons. The topological polar surface area (TPSA) is 104 Å². The molecule has 0 heterocycles. The Bertz CT molecular complexity index is 1560. The summed E-state index contributed by atoms with van der Waals surface area (Å²) in [5, 5.41) is 3.66. The van der Waals surface area contributed by atoms with Crippen molar-refractivity contribution in [2.24, 2.45) is 0 Å². The van der Waals surface area contributed by atoms with Crippen LogP contribution < -0.4 is 9.62 Å². The molecule has 0 bridgehead atoms. The SMILES string of the molecule is CC(=O)c1cccc(N(CC(=O)N(Cc2ccc(Cl)cc2Cl)C(Cc2ccccc2)C(=O)NC(C)(C)C)S(C)(=O)=O)c1. The first-order chi connectivity index (χ1) is 19.5. The summed E-state index contributed by atoms with van der Waals surface area (Å²) in [5.41, 5.74) is 1.18. The van der Waals surface area contributed by atoms with Crippen molar-refractivity contribution in [2.75, 3.05) is 17.1 Å². The molecule has 1 atom stereocenters. The summed E-state index contributed by atoms with van der Waals surface area (Å²) >= 11 is 12.6. The van der Waals surface area contributed by atoms with Gasteiger partial charge in [-0.05, 0) is 63.1 Å². The minimum Gasteiger partial charge on any atom is -0.350 e. The number of carbonyl (C=O) groups is 3. The lowest BCUT2D eigenvalue weighted by atomic mass is 10.0. The number of benzene rings is 3. The van der Waals surface area contributed by atoms with Crippen LogP contribution in [0, 0.1) is 0 Å². The summed E-state index contributed by atoms with van der Waals surface area (Å²) in [6.45, 7) is 6.17. The average Bonchev–Trinajstić information content (AvgIpc) is 2.89. The Kier molecular flexibility index (Phi) is 10.8. The third-order valence-corrected chi connectivity index (χ3v) is 8.07. The fourth-order valence-electron chi connectivity index (χ4n) is 4.33. The van der Waals surface area contributed by atoms with Gasteiger partial charge in [-0.25, -0.2) is 8.42 Å². The molecule has 224 valence electrons. The zero-order valence-electron chi connectivity index (χ0n) is 24.2. The van der Waals surface area contributed by atoms with Crippen LogP contribution in [0.4, 0.5) is 5.69 Å². The maximum atomic E-state index is 14.2. The number of halogens is 2. The van der Waals surface area contributed by atoms with E-state index in [2.05, 4.69) is 5.32 Å². The predicted molar refractivity (Wildman–Crippen MR) is 167 cm³/mol. The number of carbonyl (C=O) groups excluding carboxylic acids is 3. The first kappa shape index (κ1) is 33.1. The van der Waals surface area contributed by atoms with Gasteiger partial charge in [-0.2, -0.15) is 0 Å². The predicted octanol–water partition coefficient (Wildman–Crippen LogP) is 5.52. The lowest BCUT2D eigenvalue weighted by Gasteiger charge is -2.35. The Balaban J connectivity index is 2.12. The van der Waals surface area contributed by atoms with Crippen LogP contribution >= 0.6 is 23.2 Å². The van der Waals surface area contributed by atoms with Crippen LogP contribution in [0.3, 0.4) is 0 Å². The van der Waals surface area contributed by atoms with E-state index in [1.807, 2.05) is 51.1 Å². The van der Waals surface area contributed by atoms with Crippen LogP contribution in [0.25, 0.3) is 0 Å². The zero-order valence-corrected chi connectivity index (χ0v) is 26.6. The van der Waals surface area contributed by atoms with E-state index in [1.54, 1.807) is 30.3 Å². The number of amides is 2. The van der Waals surface area contributed by atoms with Gasteiger partial charge in [-0.1, -0.05) is 71.7 Å². The van der Waals surface area contributed by atoms with Crippen molar-refractivity contribution in [2.45, 2.75) is 52.2 Å². The van der Waals surface area contributed by atoms with Gasteiger partial charge in [-0.3, -0.25) is 18.7 Å². The molecule has 3 rings (SSSR count). The van der Waals surface area contributed by atoms with E-state index in [4.69, 9.17) is 23.2 Å². The van der Waals surface area contributed by atoms with Crippen LogP contribution in [0.2, 0.25) is 10.0 Å². The first-order valence-corrected chi connectivity index (χ1v) is 15.8. The van der Waals surface area contributed by atoms with Gasteiger partial charge < -0.3 is 10.2 Å². The van der Waals surface area contributed by atoms with Gasteiger partial charge in [0.1, 0.15) is 12.6 Å². The number of hydrogen-bond acceptors (Lipinski definition) is 5. The summed E-state index contributed by atoms with van der Waals surface area (Å²) in [6, 6.07) is 19.1. The van der Waals surface area contributed by atoms with E-state index >= 15 is 0 Å². The van der Waals surface area contributed by atoms with Gasteiger partial charge in [0, 0.05) is 34.1 Å². The number of nitrogens with one attached hydrogen (secondary N) is 1. The molecule has 0 aliphatic heterocycles. The van der Waals surface area contributed by atoms with Crippen molar-refractivity contribution in [3.8, 4) is 0 Å². The Hall–Kier alpha value is -3.40. The zero-order chi connectivity index (χ0) is 31.2. The fourth-order valence-corrected chi connectivity index (χ4v) is 5.64. The smallest absolute Gasteiger partial charge is 0.244 e. The largest absolute Gasteiger partial charge is 0.350 e. The number of Topliss-reactive ketones (excluding diaryl/α,β-unsaturated/α-hetero) is 1.